The van der Waals surface area contributed by atoms with Gasteiger partial charge < -0.3 is 24.5 Å². The van der Waals surface area contributed by atoms with Gasteiger partial charge in [0, 0.05) is 29.7 Å². The Morgan fingerprint density at radius 2 is 2.07 bits per heavy atom. The molecule has 0 aliphatic heterocycles. The smallest absolute Gasteiger partial charge is 0.255 e. The zero-order valence-electron chi connectivity index (χ0n) is 16.0. The summed E-state index contributed by atoms with van der Waals surface area (Å²) in [6.45, 7) is 1.90. The number of pyridine rings is 1. The topological polar surface area (TPSA) is 103 Å². The van der Waals surface area contributed by atoms with Gasteiger partial charge in [0.1, 0.15) is 18.9 Å². The number of hydrogen-bond donors (Lipinski definition) is 2. The van der Waals surface area contributed by atoms with Crippen molar-refractivity contribution < 1.29 is 23.5 Å². The van der Waals surface area contributed by atoms with Crippen LogP contribution < -0.4 is 20.1 Å². The van der Waals surface area contributed by atoms with Crippen molar-refractivity contribution in [1.29, 1.82) is 0 Å². The van der Waals surface area contributed by atoms with Crippen LogP contribution in [0.15, 0.2) is 65.7 Å². The average Bonchev–Trinajstić information content (AvgIpc) is 3.28. The molecule has 0 aliphatic carbocycles. The molecular formula is C21H21N3O5. The fraction of sp³-hybridized carbons (Fsp3) is 0.190. The highest BCUT2D eigenvalue weighted by Crippen LogP contribution is 2.31. The molecular weight excluding hydrogens is 374 g/mol. The average molecular weight is 395 g/mol. The largest absolute Gasteiger partial charge is 0.493 e. The monoisotopic (exact) mass is 395 g/mol. The van der Waals surface area contributed by atoms with Crippen molar-refractivity contribution >= 4 is 17.5 Å². The molecule has 2 heterocycles. The first-order valence-electron chi connectivity index (χ1n) is 8.90. The minimum atomic E-state index is -0.751. The van der Waals surface area contributed by atoms with Gasteiger partial charge in [-0.05, 0) is 31.2 Å². The Hall–Kier alpha value is -3.81. The number of benzene rings is 1. The number of nitrogens with zero attached hydrogens (tertiary/aromatic N) is 1. The summed E-state index contributed by atoms with van der Waals surface area (Å²) in [5.41, 5.74) is 1.76. The highest BCUT2D eigenvalue weighted by molar-refractivity contribution is 6.00. The van der Waals surface area contributed by atoms with Crippen molar-refractivity contribution in [1.82, 2.24) is 10.3 Å². The molecule has 2 N–H and O–H groups in total. The summed E-state index contributed by atoms with van der Waals surface area (Å²) < 4.78 is 16.0. The van der Waals surface area contributed by atoms with Gasteiger partial charge in [-0.1, -0.05) is 6.07 Å². The van der Waals surface area contributed by atoms with Gasteiger partial charge in [0.15, 0.2) is 11.5 Å². The van der Waals surface area contributed by atoms with Crippen LogP contribution in [0.2, 0.25) is 0 Å². The number of ether oxygens (including phenoxy) is 2. The third-order valence-electron chi connectivity index (χ3n) is 4.07. The van der Waals surface area contributed by atoms with Crippen LogP contribution in [0.5, 0.6) is 11.5 Å². The summed E-state index contributed by atoms with van der Waals surface area (Å²) in [5, 5.41) is 5.37. The highest BCUT2D eigenvalue weighted by Gasteiger charge is 2.18. The van der Waals surface area contributed by atoms with Crippen LogP contribution >= 0.6 is 0 Å². The molecule has 0 unspecified atom stereocenters. The minimum Gasteiger partial charge on any atom is -0.493 e. The molecule has 150 valence electrons. The minimum absolute atomic E-state index is 0.304. The van der Waals surface area contributed by atoms with E-state index in [9.17, 15) is 9.59 Å². The van der Waals surface area contributed by atoms with Crippen LogP contribution in [0.4, 0.5) is 5.69 Å². The second-order valence-electron chi connectivity index (χ2n) is 6.21. The maximum atomic E-state index is 12.4. The van der Waals surface area contributed by atoms with E-state index in [0.29, 0.717) is 29.4 Å². The van der Waals surface area contributed by atoms with Gasteiger partial charge in [0.25, 0.3) is 5.91 Å². The number of nitrogens with one attached hydrogen (secondary N) is 2. The molecule has 3 aromatic rings. The second-order valence-corrected chi connectivity index (χ2v) is 6.21. The molecule has 0 saturated heterocycles. The molecule has 0 spiro atoms. The summed E-state index contributed by atoms with van der Waals surface area (Å²) in [6, 6.07) is 9.55. The molecule has 8 heteroatoms. The van der Waals surface area contributed by atoms with Crippen molar-refractivity contribution in [3.63, 3.8) is 0 Å². The van der Waals surface area contributed by atoms with E-state index in [-0.39, 0.29) is 5.91 Å². The van der Waals surface area contributed by atoms with Crippen molar-refractivity contribution in [3.8, 4) is 11.5 Å². The first-order valence-corrected chi connectivity index (χ1v) is 8.90. The van der Waals surface area contributed by atoms with Crippen LogP contribution in [-0.2, 0) is 11.4 Å². The second kappa shape index (κ2) is 9.41. The molecule has 0 radical (unpaired) electrons. The van der Waals surface area contributed by atoms with Crippen molar-refractivity contribution in [2.45, 2.75) is 19.6 Å². The van der Waals surface area contributed by atoms with Crippen LogP contribution in [0.1, 0.15) is 22.8 Å². The Morgan fingerprint density at radius 1 is 1.21 bits per heavy atom. The molecule has 29 heavy (non-hydrogen) atoms. The molecule has 3 rings (SSSR count). The van der Waals surface area contributed by atoms with E-state index in [0.717, 1.165) is 5.56 Å². The van der Waals surface area contributed by atoms with E-state index in [1.807, 2.05) is 12.1 Å². The fourth-order valence-electron chi connectivity index (χ4n) is 2.50. The summed E-state index contributed by atoms with van der Waals surface area (Å²) in [5.74, 6) is 0.249. The molecule has 8 nitrogen and oxygen atoms in total. The standard InChI is InChI=1S/C21H21N3O5/c1-14(23-21(26)16-7-9-28-13-16)20(25)24-17-5-6-18(27-2)19(10-17)29-12-15-4-3-8-22-11-15/h3-11,13-14H,12H2,1-2H3,(H,23,26)(H,24,25)/t14-/m1/s1. The summed E-state index contributed by atoms with van der Waals surface area (Å²) in [4.78, 5) is 28.5. The van der Waals surface area contributed by atoms with Gasteiger partial charge in [0.05, 0.1) is 18.9 Å². The van der Waals surface area contributed by atoms with Gasteiger partial charge in [-0.15, -0.1) is 0 Å². The zero-order valence-corrected chi connectivity index (χ0v) is 16.0. The van der Waals surface area contributed by atoms with E-state index in [1.165, 1.54) is 25.7 Å². The fourth-order valence-corrected chi connectivity index (χ4v) is 2.50. The predicted octanol–water partition coefficient (Wildman–Crippen LogP) is 3.02. The quantitative estimate of drug-likeness (QED) is 0.608. The first kappa shape index (κ1) is 19.9. The van der Waals surface area contributed by atoms with Crippen molar-refractivity contribution in [2.24, 2.45) is 0 Å². The molecule has 0 fully saturated rings. The van der Waals surface area contributed by atoms with Gasteiger partial charge in [-0.3, -0.25) is 14.6 Å². The van der Waals surface area contributed by atoms with Crippen LogP contribution in [0.25, 0.3) is 0 Å². The number of aromatic nitrogens is 1. The maximum Gasteiger partial charge on any atom is 0.255 e. The van der Waals surface area contributed by atoms with E-state index >= 15 is 0 Å². The number of carbonyl (C=O) groups excluding carboxylic acids is 2. The lowest BCUT2D eigenvalue weighted by Gasteiger charge is -2.16. The SMILES string of the molecule is COc1ccc(NC(=O)[C@@H](C)NC(=O)c2ccoc2)cc1OCc1cccnc1. The Labute approximate surface area is 167 Å². The van der Waals surface area contributed by atoms with Crippen LogP contribution in [0.3, 0.4) is 0 Å². The van der Waals surface area contributed by atoms with E-state index in [4.69, 9.17) is 13.9 Å². The van der Waals surface area contributed by atoms with Gasteiger partial charge in [0.2, 0.25) is 5.91 Å². The Kier molecular flexibility index (Phi) is 6.47. The lowest BCUT2D eigenvalue weighted by atomic mass is 10.2. The Balaban J connectivity index is 1.63. The maximum absolute atomic E-state index is 12.4. The predicted molar refractivity (Wildman–Crippen MR) is 106 cm³/mol. The summed E-state index contributed by atoms with van der Waals surface area (Å²) in [6.07, 6.45) is 6.11. The Bertz CT molecular complexity index is 958. The van der Waals surface area contributed by atoms with Crippen LogP contribution in [0, 0.1) is 0 Å². The molecule has 0 saturated carbocycles. The summed E-state index contributed by atoms with van der Waals surface area (Å²) in [7, 11) is 1.54. The molecule has 2 amide bonds. The Morgan fingerprint density at radius 3 is 2.76 bits per heavy atom. The van der Waals surface area contributed by atoms with Gasteiger partial charge in [-0.2, -0.15) is 0 Å². The molecule has 2 aromatic heterocycles. The van der Waals surface area contributed by atoms with Crippen molar-refractivity contribution in [3.05, 3.63) is 72.4 Å². The number of furan rings is 1. The lowest BCUT2D eigenvalue weighted by molar-refractivity contribution is -0.117. The first-order chi connectivity index (χ1) is 14.1. The number of methoxy groups -OCH3 is 1. The van der Waals surface area contributed by atoms with E-state index in [1.54, 1.807) is 37.5 Å². The number of amides is 2. The normalized spacial score (nSPS) is 11.4. The van der Waals surface area contributed by atoms with E-state index < -0.39 is 11.9 Å². The molecule has 1 aromatic carbocycles. The van der Waals surface area contributed by atoms with Crippen molar-refractivity contribution in [2.75, 3.05) is 12.4 Å². The number of hydrogen-bond acceptors (Lipinski definition) is 6. The molecule has 0 aliphatic rings. The third kappa shape index (κ3) is 5.35. The lowest BCUT2D eigenvalue weighted by Crippen LogP contribution is -2.41. The summed E-state index contributed by atoms with van der Waals surface area (Å²) >= 11 is 0. The zero-order chi connectivity index (χ0) is 20.6. The number of carbonyl (C=O) groups is 2. The molecule has 0 bridgehead atoms. The van der Waals surface area contributed by atoms with Gasteiger partial charge in [-0.25, -0.2) is 0 Å². The number of anilines is 1. The highest BCUT2D eigenvalue weighted by atomic mass is 16.5. The molecule has 1 atom stereocenters. The van der Waals surface area contributed by atoms with Crippen LogP contribution in [-0.4, -0.2) is 29.9 Å². The van der Waals surface area contributed by atoms with E-state index in [2.05, 4.69) is 15.6 Å². The van der Waals surface area contributed by atoms with Gasteiger partial charge >= 0.3 is 0 Å². The number of rotatable bonds is 8. The third-order valence-corrected chi connectivity index (χ3v) is 4.07.